The summed E-state index contributed by atoms with van der Waals surface area (Å²) in [5.41, 5.74) is 9.26. The highest BCUT2D eigenvalue weighted by atomic mass is 79.9. The van der Waals surface area contributed by atoms with E-state index in [1.165, 1.54) is 18.2 Å². The summed E-state index contributed by atoms with van der Waals surface area (Å²) in [7, 11) is 0. The van der Waals surface area contributed by atoms with E-state index in [4.69, 9.17) is 10.4 Å². The Hall–Kier alpha value is -3.39. The van der Waals surface area contributed by atoms with Crippen LogP contribution in [0.4, 0.5) is 15.9 Å². The number of aliphatic imine (C=N–C) groups is 1. The number of nitrogens with zero attached hydrogens (tertiary/aromatic N) is 3. The van der Waals surface area contributed by atoms with Crippen LogP contribution in [0.25, 0.3) is 0 Å². The zero-order valence-corrected chi connectivity index (χ0v) is 19.5. The monoisotopic (exact) mass is 534 g/mol. The molecule has 34 heavy (non-hydrogen) atoms. The first-order chi connectivity index (χ1) is 16.5. The highest BCUT2D eigenvalue weighted by Crippen LogP contribution is 2.23. The Bertz CT molecular complexity index is 1110. The van der Waals surface area contributed by atoms with E-state index in [2.05, 4.69) is 47.2 Å². The molecule has 3 aromatic rings. The SMILES string of the molecule is NC(NCCCNc1nonc1C(=Nc1ccc(F)c(Br)c1)NO)NC(=O)Cc1ccccc1. The summed E-state index contributed by atoms with van der Waals surface area (Å²) in [6.07, 6.45) is 0.184. The van der Waals surface area contributed by atoms with Gasteiger partial charge in [0.2, 0.25) is 11.7 Å². The van der Waals surface area contributed by atoms with Gasteiger partial charge < -0.3 is 10.6 Å². The van der Waals surface area contributed by atoms with Crippen molar-refractivity contribution < 1.29 is 19.0 Å². The molecule has 0 fully saturated rings. The number of aromatic nitrogens is 2. The molecule has 2 aromatic carbocycles. The second-order valence-electron chi connectivity index (χ2n) is 7.07. The highest BCUT2D eigenvalue weighted by Gasteiger charge is 2.16. The second-order valence-corrected chi connectivity index (χ2v) is 7.93. The standard InChI is InChI=1S/C21H24BrFN8O3/c22-15-12-14(7-8-16(15)23)27-20(29-33)18-19(31-34-30-18)25-9-4-10-26-21(24)28-17(32)11-13-5-2-1-3-6-13/h1-3,5-8,12,21,26,33H,4,9-11,24H2,(H,25,31)(H,27,29)(H,28,32). The molecule has 0 saturated carbocycles. The van der Waals surface area contributed by atoms with E-state index in [-0.39, 0.29) is 34.1 Å². The van der Waals surface area contributed by atoms with Crippen LogP contribution in [0.15, 0.2) is 62.6 Å². The molecule has 1 aromatic heterocycles. The molecule has 1 heterocycles. The van der Waals surface area contributed by atoms with Gasteiger partial charge in [0, 0.05) is 6.54 Å². The number of amides is 1. The number of benzene rings is 2. The lowest BCUT2D eigenvalue weighted by Crippen LogP contribution is -2.52. The van der Waals surface area contributed by atoms with E-state index < -0.39 is 12.1 Å². The van der Waals surface area contributed by atoms with Crippen molar-refractivity contribution in [2.24, 2.45) is 10.7 Å². The number of carbonyl (C=O) groups excluding carboxylic acids is 1. The first-order valence-electron chi connectivity index (χ1n) is 10.3. The maximum Gasteiger partial charge on any atom is 0.226 e. The Kier molecular flexibility index (Phi) is 9.46. The van der Waals surface area contributed by atoms with E-state index in [0.29, 0.717) is 25.2 Å². The maximum atomic E-state index is 13.4. The third-order valence-electron chi connectivity index (χ3n) is 4.50. The van der Waals surface area contributed by atoms with Gasteiger partial charge in [-0.15, -0.1) is 0 Å². The van der Waals surface area contributed by atoms with Gasteiger partial charge in [-0.2, -0.15) is 0 Å². The minimum absolute atomic E-state index is 0.0384. The first kappa shape index (κ1) is 25.2. The molecule has 0 aliphatic rings. The number of carbonyl (C=O) groups is 1. The van der Waals surface area contributed by atoms with E-state index in [9.17, 15) is 14.4 Å². The van der Waals surface area contributed by atoms with E-state index in [0.717, 1.165) is 5.56 Å². The van der Waals surface area contributed by atoms with Gasteiger partial charge >= 0.3 is 0 Å². The first-order valence-corrected chi connectivity index (χ1v) is 11.1. The molecule has 0 saturated heterocycles. The van der Waals surface area contributed by atoms with Crippen LogP contribution in [0.5, 0.6) is 0 Å². The van der Waals surface area contributed by atoms with Crippen molar-refractivity contribution in [3.8, 4) is 0 Å². The van der Waals surface area contributed by atoms with Gasteiger partial charge in [0.1, 0.15) is 12.1 Å². The van der Waals surface area contributed by atoms with Gasteiger partial charge in [-0.1, -0.05) is 30.3 Å². The van der Waals surface area contributed by atoms with E-state index >= 15 is 0 Å². The molecule has 0 bridgehead atoms. The predicted octanol–water partition coefficient (Wildman–Crippen LogP) is 2.02. The van der Waals surface area contributed by atoms with Gasteiger partial charge in [-0.05, 0) is 63.0 Å². The van der Waals surface area contributed by atoms with Crippen molar-refractivity contribution in [1.82, 2.24) is 26.4 Å². The lowest BCUT2D eigenvalue weighted by Gasteiger charge is -2.15. The van der Waals surface area contributed by atoms with Gasteiger partial charge in [0.05, 0.1) is 16.6 Å². The van der Waals surface area contributed by atoms with Crippen molar-refractivity contribution in [2.75, 3.05) is 18.4 Å². The van der Waals surface area contributed by atoms with Gasteiger partial charge in [-0.3, -0.25) is 26.5 Å². The van der Waals surface area contributed by atoms with Crippen molar-refractivity contribution >= 4 is 39.2 Å². The van der Waals surface area contributed by atoms with E-state index in [1.54, 1.807) is 0 Å². The topological polar surface area (TPSA) is 163 Å². The predicted molar refractivity (Wildman–Crippen MR) is 127 cm³/mol. The third-order valence-corrected chi connectivity index (χ3v) is 5.10. The Morgan fingerprint density at radius 3 is 2.74 bits per heavy atom. The Labute approximate surface area is 203 Å². The molecule has 7 N–H and O–H groups in total. The summed E-state index contributed by atoms with van der Waals surface area (Å²) in [5, 5.41) is 25.7. The minimum atomic E-state index is -0.687. The molecule has 180 valence electrons. The Morgan fingerprint density at radius 1 is 1.21 bits per heavy atom. The van der Waals surface area contributed by atoms with Crippen LogP contribution in [0.1, 0.15) is 17.7 Å². The quantitative estimate of drug-likeness (QED) is 0.0709. The van der Waals surface area contributed by atoms with E-state index in [1.807, 2.05) is 35.8 Å². The van der Waals surface area contributed by atoms with Crippen molar-refractivity contribution in [3.63, 3.8) is 0 Å². The molecule has 0 aliphatic carbocycles. The molecule has 11 nitrogen and oxygen atoms in total. The number of nitrogens with two attached hydrogens (primary N) is 1. The zero-order chi connectivity index (χ0) is 24.3. The average Bonchev–Trinajstić information content (AvgIpc) is 3.28. The summed E-state index contributed by atoms with van der Waals surface area (Å²) >= 11 is 3.08. The fraction of sp³-hybridized carbons (Fsp3) is 0.238. The van der Waals surface area contributed by atoms with Crippen LogP contribution < -0.4 is 27.2 Å². The molecule has 3 rings (SSSR count). The summed E-state index contributed by atoms with van der Waals surface area (Å²) in [6, 6.07) is 13.5. The molecular weight excluding hydrogens is 511 g/mol. The number of anilines is 1. The van der Waals surface area contributed by atoms with Crippen LogP contribution in [0.2, 0.25) is 0 Å². The van der Waals surface area contributed by atoms with Gasteiger partial charge in [0.25, 0.3) is 0 Å². The third kappa shape index (κ3) is 7.59. The highest BCUT2D eigenvalue weighted by molar-refractivity contribution is 9.10. The molecule has 0 radical (unpaired) electrons. The summed E-state index contributed by atoms with van der Waals surface area (Å²) < 4.78 is 18.4. The smallest absolute Gasteiger partial charge is 0.226 e. The number of nitrogens with one attached hydrogen (secondary N) is 4. The number of hydrogen-bond acceptors (Lipinski definition) is 9. The zero-order valence-electron chi connectivity index (χ0n) is 18.0. The average molecular weight is 535 g/mol. The van der Waals surface area contributed by atoms with Crippen LogP contribution in [-0.4, -0.2) is 46.6 Å². The normalized spacial score (nSPS) is 12.3. The number of rotatable bonds is 11. The fourth-order valence-electron chi connectivity index (χ4n) is 2.88. The van der Waals surface area contributed by atoms with Gasteiger partial charge in [-0.25, -0.2) is 14.0 Å². The lowest BCUT2D eigenvalue weighted by molar-refractivity contribution is -0.121. The Balaban J connectivity index is 1.44. The number of hydrogen-bond donors (Lipinski definition) is 6. The summed E-state index contributed by atoms with van der Waals surface area (Å²) in [5.74, 6) is -0.406. The van der Waals surface area contributed by atoms with Crippen molar-refractivity contribution in [2.45, 2.75) is 19.1 Å². The fourth-order valence-corrected chi connectivity index (χ4v) is 3.25. The number of halogens is 2. The summed E-state index contributed by atoms with van der Waals surface area (Å²) in [4.78, 5) is 16.2. The largest absolute Gasteiger partial charge is 0.365 e. The lowest BCUT2D eigenvalue weighted by atomic mass is 10.1. The van der Waals surface area contributed by atoms with Crippen molar-refractivity contribution in [1.29, 1.82) is 0 Å². The molecule has 1 unspecified atom stereocenters. The van der Waals surface area contributed by atoms with Crippen LogP contribution in [0, 0.1) is 5.82 Å². The summed E-state index contributed by atoms with van der Waals surface area (Å²) in [6.45, 7) is 0.961. The van der Waals surface area contributed by atoms with Crippen LogP contribution in [-0.2, 0) is 11.2 Å². The van der Waals surface area contributed by atoms with Crippen LogP contribution in [0.3, 0.4) is 0 Å². The molecule has 0 spiro atoms. The molecule has 13 heteroatoms. The Morgan fingerprint density at radius 2 is 2.00 bits per heavy atom. The molecule has 0 aliphatic heterocycles. The minimum Gasteiger partial charge on any atom is -0.365 e. The molecule has 1 atom stereocenters. The van der Waals surface area contributed by atoms with Crippen molar-refractivity contribution in [3.05, 3.63) is 70.1 Å². The van der Waals surface area contributed by atoms with Gasteiger partial charge in [0.15, 0.2) is 11.5 Å². The maximum absolute atomic E-state index is 13.4. The number of amidine groups is 1. The number of hydroxylamine groups is 1. The molecule has 1 amide bonds. The second kappa shape index (κ2) is 12.7. The van der Waals surface area contributed by atoms with Crippen LogP contribution >= 0.6 is 15.9 Å². The molecular formula is C21H24BrFN8O3.